The van der Waals surface area contributed by atoms with Crippen molar-refractivity contribution < 1.29 is 14.5 Å². The molecule has 21 heavy (non-hydrogen) atoms. The molecule has 0 bridgehead atoms. The Hall–Kier alpha value is -2.95. The monoisotopic (exact) mass is 281 g/mol. The Morgan fingerprint density at radius 3 is 2.52 bits per heavy atom. The number of nitrogens with zero attached hydrogens (tertiary/aromatic N) is 1. The van der Waals surface area contributed by atoms with Crippen molar-refractivity contribution in [3.8, 4) is 0 Å². The molecule has 104 valence electrons. The fourth-order valence-electron chi connectivity index (χ4n) is 2.56. The molecular weight excluding hydrogens is 270 g/mol. The number of carbonyl (C=O) groups is 1. The number of hydrogen-bond donors (Lipinski definition) is 0. The van der Waals surface area contributed by atoms with Crippen molar-refractivity contribution in [3.63, 3.8) is 0 Å². The molecule has 0 unspecified atom stereocenters. The molecule has 0 spiro atoms. The van der Waals surface area contributed by atoms with Crippen LogP contribution in [0.2, 0.25) is 0 Å². The lowest BCUT2D eigenvalue weighted by Gasteiger charge is -2.08. The van der Waals surface area contributed by atoms with E-state index in [1.165, 1.54) is 19.2 Å². The number of carbonyl (C=O) groups excluding carboxylic acids is 1. The van der Waals surface area contributed by atoms with Crippen molar-refractivity contribution >= 4 is 33.2 Å². The molecule has 0 radical (unpaired) electrons. The summed E-state index contributed by atoms with van der Waals surface area (Å²) >= 11 is 0. The van der Waals surface area contributed by atoms with Crippen LogP contribution in [0.1, 0.15) is 10.4 Å². The Morgan fingerprint density at radius 2 is 1.81 bits per heavy atom. The van der Waals surface area contributed by atoms with Crippen molar-refractivity contribution in [1.29, 1.82) is 0 Å². The molecule has 5 heteroatoms. The van der Waals surface area contributed by atoms with Gasteiger partial charge >= 0.3 is 5.97 Å². The van der Waals surface area contributed by atoms with Gasteiger partial charge in [-0.25, -0.2) is 4.79 Å². The van der Waals surface area contributed by atoms with Crippen LogP contribution in [0.3, 0.4) is 0 Å². The van der Waals surface area contributed by atoms with Crippen LogP contribution in [-0.4, -0.2) is 18.0 Å². The molecule has 0 N–H and O–H groups in total. The first-order chi connectivity index (χ1) is 10.1. The first-order valence-electron chi connectivity index (χ1n) is 6.30. The fraction of sp³-hybridized carbons (Fsp3) is 0.0625. The van der Waals surface area contributed by atoms with Gasteiger partial charge in [0.1, 0.15) is 0 Å². The Morgan fingerprint density at radius 1 is 1.10 bits per heavy atom. The molecule has 3 aromatic carbocycles. The normalized spacial score (nSPS) is 10.7. The second-order valence-electron chi connectivity index (χ2n) is 4.59. The number of ether oxygens (including phenoxy) is 1. The third-order valence-electron chi connectivity index (χ3n) is 3.47. The van der Waals surface area contributed by atoms with E-state index in [1.807, 2.05) is 24.3 Å². The molecule has 3 rings (SSSR count). The van der Waals surface area contributed by atoms with Gasteiger partial charge in [0.2, 0.25) is 0 Å². The Balaban J connectivity index is 2.56. The first-order valence-corrected chi connectivity index (χ1v) is 6.30. The maximum Gasteiger partial charge on any atom is 0.338 e. The summed E-state index contributed by atoms with van der Waals surface area (Å²) in [6.45, 7) is 0. The molecule has 0 saturated carbocycles. The van der Waals surface area contributed by atoms with Crippen molar-refractivity contribution in [1.82, 2.24) is 0 Å². The Kier molecular flexibility index (Phi) is 3.02. The second-order valence-corrected chi connectivity index (χ2v) is 4.59. The smallest absolute Gasteiger partial charge is 0.338 e. The van der Waals surface area contributed by atoms with Crippen molar-refractivity contribution in [2.24, 2.45) is 0 Å². The van der Waals surface area contributed by atoms with E-state index < -0.39 is 10.9 Å². The van der Waals surface area contributed by atoms with Crippen molar-refractivity contribution in [3.05, 3.63) is 64.2 Å². The second kappa shape index (κ2) is 4.86. The van der Waals surface area contributed by atoms with Crippen LogP contribution in [0.25, 0.3) is 21.5 Å². The molecule has 0 aromatic heterocycles. The zero-order chi connectivity index (χ0) is 15.0. The molecule has 0 aliphatic heterocycles. The summed E-state index contributed by atoms with van der Waals surface area (Å²) in [5.74, 6) is -0.584. The quantitative estimate of drug-likeness (QED) is 0.311. The van der Waals surface area contributed by atoms with Gasteiger partial charge in [-0.05, 0) is 22.2 Å². The summed E-state index contributed by atoms with van der Waals surface area (Å²) in [6.07, 6.45) is 0. The molecule has 0 amide bonds. The van der Waals surface area contributed by atoms with E-state index in [1.54, 1.807) is 12.1 Å². The minimum absolute atomic E-state index is 0.0929. The number of methoxy groups -OCH3 is 1. The van der Waals surface area contributed by atoms with Crippen LogP contribution < -0.4 is 0 Å². The number of non-ortho nitro benzene ring substituents is 1. The minimum Gasteiger partial charge on any atom is -0.465 e. The number of esters is 1. The summed E-state index contributed by atoms with van der Waals surface area (Å²) in [4.78, 5) is 22.8. The van der Waals surface area contributed by atoms with Gasteiger partial charge in [-0.3, -0.25) is 10.1 Å². The Labute approximate surface area is 119 Å². The van der Waals surface area contributed by atoms with Gasteiger partial charge in [-0.15, -0.1) is 0 Å². The van der Waals surface area contributed by atoms with Crippen LogP contribution in [-0.2, 0) is 4.74 Å². The molecule has 0 saturated heterocycles. The lowest BCUT2D eigenvalue weighted by molar-refractivity contribution is -0.382. The van der Waals surface area contributed by atoms with E-state index in [9.17, 15) is 14.9 Å². The highest BCUT2D eigenvalue weighted by molar-refractivity contribution is 6.17. The molecule has 0 heterocycles. The summed E-state index contributed by atoms with van der Waals surface area (Å²) in [5.41, 5.74) is 0.108. The summed E-state index contributed by atoms with van der Waals surface area (Å²) in [5, 5.41) is 14.0. The Bertz CT molecular complexity index is 886. The average Bonchev–Trinajstić information content (AvgIpc) is 2.52. The van der Waals surface area contributed by atoms with E-state index in [0.717, 1.165) is 10.8 Å². The van der Waals surface area contributed by atoms with Gasteiger partial charge < -0.3 is 4.74 Å². The van der Waals surface area contributed by atoms with E-state index in [-0.39, 0.29) is 11.3 Å². The lowest BCUT2D eigenvalue weighted by Crippen LogP contribution is -2.03. The van der Waals surface area contributed by atoms with Crippen LogP contribution >= 0.6 is 0 Å². The van der Waals surface area contributed by atoms with Crippen LogP contribution in [0.15, 0.2) is 48.5 Å². The maximum absolute atomic E-state index is 11.9. The lowest BCUT2D eigenvalue weighted by atomic mass is 9.97. The van der Waals surface area contributed by atoms with E-state index in [2.05, 4.69) is 0 Å². The van der Waals surface area contributed by atoms with Crippen LogP contribution in [0, 0.1) is 10.1 Å². The van der Waals surface area contributed by atoms with Gasteiger partial charge in [-0.2, -0.15) is 0 Å². The van der Waals surface area contributed by atoms with Crippen molar-refractivity contribution in [2.45, 2.75) is 0 Å². The molecule has 0 atom stereocenters. The molecule has 5 nitrogen and oxygen atoms in total. The van der Waals surface area contributed by atoms with E-state index in [0.29, 0.717) is 10.8 Å². The predicted octanol–water partition coefficient (Wildman–Crippen LogP) is 3.69. The topological polar surface area (TPSA) is 69.4 Å². The first kappa shape index (κ1) is 13.1. The molecule has 3 aromatic rings. The number of nitro benzene ring substituents is 1. The van der Waals surface area contributed by atoms with Crippen molar-refractivity contribution in [2.75, 3.05) is 7.11 Å². The molecule has 0 fully saturated rings. The zero-order valence-corrected chi connectivity index (χ0v) is 11.2. The number of benzene rings is 3. The third-order valence-corrected chi connectivity index (χ3v) is 3.47. The molecule has 0 aliphatic carbocycles. The summed E-state index contributed by atoms with van der Waals surface area (Å²) in [7, 11) is 1.26. The number of fused-ring (bicyclic) bond motifs is 3. The van der Waals surface area contributed by atoms with Gasteiger partial charge in [0, 0.05) is 6.07 Å². The van der Waals surface area contributed by atoms with Gasteiger partial charge in [0.15, 0.2) is 0 Å². The highest BCUT2D eigenvalue weighted by Gasteiger charge is 2.21. The SMILES string of the molecule is COC(=O)c1cccc2c1c([N+](=O)[O-])cc1ccccc12. The number of nitro groups is 1. The number of rotatable bonds is 2. The maximum atomic E-state index is 11.9. The summed E-state index contributed by atoms with van der Waals surface area (Å²) in [6, 6.07) is 13.9. The van der Waals surface area contributed by atoms with Gasteiger partial charge in [0.05, 0.1) is 23.0 Å². The van der Waals surface area contributed by atoms with Crippen LogP contribution in [0.4, 0.5) is 5.69 Å². The van der Waals surface area contributed by atoms with E-state index in [4.69, 9.17) is 4.74 Å². The van der Waals surface area contributed by atoms with Gasteiger partial charge in [-0.1, -0.05) is 36.4 Å². The predicted molar refractivity (Wildman–Crippen MR) is 79.4 cm³/mol. The minimum atomic E-state index is -0.584. The standard InChI is InChI=1S/C16H11NO4/c1-21-16(18)13-8-4-7-12-11-6-3-2-5-10(11)9-14(15(12)13)17(19)20/h2-9H,1H3. The highest BCUT2D eigenvalue weighted by Crippen LogP contribution is 2.35. The largest absolute Gasteiger partial charge is 0.465 e. The molecule has 0 aliphatic rings. The average molecular weight is 281 g/mol. The van der Waals surface area contributed by atoms with Gasteiger partial charge in [0.25, 0.3) is 5.69 Å². The van der Waals surface area contributed by atoms with Crippen LogP contribution in [0.5, 0.6) is 0 Å². The summed E-state index contributed by atoms with van der Waals surface area (Å²) < 4.78 is 4.73. The molecular formula is C16H11NO4. The van der Waals surface area contributed by atoms with E-state index >= 15 is 0 Å². The zero-order valence-electron chi connectivity index (χ0n) is 11.2. The highest BCUT2D eigenvalue weighted by atomic mass is 16.6. The number of hydrogen-bond acceptors (Lipinski definition) is 4. The third kappa shape index (κ3) is 1.99. The fourth-order valence-corrected chi connectivity index (χ4v) is 2.56.